The van der Waals surface area contributed by atoms with Crippen molar-refractivity contribution in [2.45, 2.75) is 94.6 Å². The lowest BCUT2D eigenvalue weighted by Gasteiger charge is -2.58. The molecule has 8 rings (SSSR count). The summed E-state index contributed by atoms with van der Waals surface area (Å²) in [6.45, 7) is 15.8. The topological polar surface area (TPSA) is 120 Å². The second-order valence-corrected chi connectivity index (χ2v) is 31.8. The maximum Gasteiger partial charge on any atom is 0.356 e. The van der Waals surface area contributed by atoms with Crippen LogP contribution in [0.15, 0.2) is 169 Å². The van der Waals surface area contributed by atoms with Crippen molar-refractivity contribution < 1.29 is 31.7 Å². The largest absolute Gasteiger partial charge is 0.457 e. The van der Waals surface area contributed by atoms with Gasteiger partial charge in [-0.1, -0.05) is 199 Å². The highest BCUT2D eigenvalue weighted by Crippen LogP contribution is 2.57. The zero-order valence-electron chi connectivity index (χ0n) is 41.0. The van der Waals surface area contributed by atoms with Gasteiger partial charge in [-0.25, -0.2) is 9.78 Å². The molecule has 2 unspecified atom stereocenters. The summed E-state index contributed by atoms with van der Waals surface area (Å²) >= 11 is 1.26. The summed E-state index contributed by atoms with van der Waals surface area (Å²) in [6, 6.07) is 44.8. The van der Waals surface area contributed by atoms with Gasteiger partial charge in [-0.3, -0.25) is 13.8 Å². The van der Waals surface area contributed by atoms with Crippen LogP contribution in [0.5, 0.6) is 0 Å². The molecule has 0 bridgehead atoms. The molecule has 6 aromatic rings. The lowest BCUT2D eigenvalue weighted by atomic mass is 9.67. The second kappa shape index (κ2) is 20.7. The number of Topliss-reactive ketones (excluding diaryl/α,β-unsaturated/α-hetero) is 1. The van der Waals surface area contributed by atoms with Crippen molar-refractivity contribution in [1.82, 2.24) is 9.88 Å². The summed E-state index contributed by atoms with van der Waals surface area (Å²) in [7, 11) is -6.78. The third-order valence-electron chi connectivity index (χ3n) is 15.2. The number of rotatable bonds is 16. The average Bonchev–Trinajstić information content (AvgIpc) is 3.86. The van der Waals surface area contributed by atoms with Crippen LogP contribution in [0.1, 0.15) is 63.6 Å². The molecular weight excluding hydrogens is 948 g/mol. The van der Waals surface area contributed by atoms with Crippen LogP contribution in [0.3, 0.4) is 0 Å². The molecule has 1 saturated heterocycles. The van der Waals surface area contributed by atoms with Gasteiger partial charge in [0.15, 0.2) is 0 Å². The first-order valence-electron chi connectivity index (χ1n) is 24.0. The van der Waals surface area contributed by atoms with E-state index >= 15 is 14.4 Å². The Hall–Kier alpha value is -5.49. The summed E-state index contributed by atoms with van der Waals surface area (Å²) in [4.78, 5) is 54.1. The van der Waals surface area contributed by atoms with Gasteiger partial charge in [0.1, 0.15) is 28.9 Å². The van der Waals surface area contributed by atoms with Gasteiger partial charge < -0.3 is 9.64 Å². The number of amides is 1. The first-order chi connectivity index (χ1) is 33.4. The predicted molar refractivity (Wildman–Crippen MR) is 288 cm³/mol. The summed E-state index contributed by atoms with van der Waals surface area (Å²) in [6.07, 6.45) is 1.53. The Balaban J connectivity index is 1.37. The number of hydrogen-bond acceptors (Lipinski definition) is 9. The number of aryl methyl sites for hydroxylation is 1. The van der Waals surface area contributed by atoms with Crippen molar-refractivity contribution in [3.63, 3.8) is 0 Å². The average molecular weight is 1010 g/mol. The fourth-order valence-corrected chi connectivity index (χ4v) is 19.3. The van der Waals surface area contributed by atoms with Crippen LogP contribution in [0, 0.1) is 24.7 Å². The molecule has 13 heteroatoms. The number of nitrogens with zero attached hydrogens (tertiary/aromatic N) is 2. The van der Waals surface area contributed by atoms with Gasteiger partial charge in [0.2, 0.25) is 5.91 Å². The molecule has 1 amide bonds. The number of hydrogen-bond donors (Lipinski definition) is 0. The lowest BCUT2D eigenvalue weighted by molar-refractivity contribution is -0.159. The quantitative estimate of drug-likeness (QED) is 0.0235. The molecule has 1 aromatic heterocycles. The van der Waals surface area contributed by atoms with E-state index in [2.05, 4.69) is 47.4 Å². The van der Waals surface area contributed by atoms with Crippen molar-refractivity contribution >= 4 is 75.4 Å². The maximum atomic E-state index is 16.1. The van der Waals surface area contributed by atoms with Crippen molar-refractivity contribution in [2.24, 2.45) is 17.8 Å². The molecule has 2 fully saturated rings. The van der Waals surface area contributed by atoms with Crippen molar-refractivity contribution in [2.75, 3.05) is 6.61 Å². The van der Waals surface area contributed by atoms with Crippen LogP contribution < -0.4 is 15.9 Å². The number of esters is 1. The van der Waals surface area contributed by atoms with Crippen LogP contribution in [-0.2, 0) is 33.4 Å². The molecule has 2 heterocycles. The van der Waals surface area contributed by atoms with Gasteiger partial charge in [0.05, 0.1) is 36.5 Å². The number of likely N-dealkylation sites (tertiary alicyclic amines) is 1. The Kier molecular flexibility index (Phi) is 15.0. The first-order valence-corrected chi connectivity index (χ1v) is 31.2. The SMILES string of the molecule is C=CCOC(=O)C(N1C(=O)[C@@H]([C@@H](C)[Si](C)(C)C(C)(C)C)[C@H]1[C@H]1CCCC(C(OS(=O)(=O)c2ccc(C)cc2)c2nc(-c3ccccc3)cs2)C1=O)=P(c1ccccc1)(c1ccccc1)c1ccccc1. The molecular formula is C57H63N2O7PS2Si. The van der Waals surface area contributed by atoms with Gasteiger partial charge in [0.25, 0.3) is 10.1 Å². The van der Waals surface area contributed by atoms with E-state index in [9.17, 15) is 8.42 Å². The summed E-state index contributed by atoms with van der Waals surface area (Å²) < 4.78 is 41.2. The molecule has 6 atom stereocenters. The minimum Gasteiger partial charge on any atom is -0.457 e. The Bertz CT molecular complexity index is 2910. The first kappa shape index (κ1) is 50.9. The summed E-state index contributed by atoms with van der Waals surface area (Å²) in [5, 5.41) is 4.61. The molecule has 0 spiro atoms. The zero-order valence-corrected chi connectivity index (χ0v) is 44.6. The number of ether oxygens (including phenoxy) is 1. The maximum absolute atomic E-state index is 16.1. The molecule has 1 aliphatic heterocycles. The normalized spacial score (nSPS) is 19.7. The smallest absolute Gasteiger partial charge is 0.356 e. The minimum atomic E-state index is -4.42. The number of thiazole rings is 1. The zero-order chi connectivity index (χ0) is 50.0. The number of carbonyl (C=O) groups excluding carboxylic acids is 3. The van der Waals surface area contributed by atoms with Crippen LogP contribution in [0.25, 0.3) is 11.3 Å². The third kappa shape index (κ3) is 9.53. The van der Waals surface area contributed by atoms with E-state index in [-0.39, 0.29) is 39.2 Å². The Morgan fingerprint density at radius 1 is 0.843 bits per heavy atom. The highest BCUT2D eigenvalue weighted by molar-refractivity contribution is 7.96. The highest BCUT2D eigenvalue weighted by atomic mass is 32.2. The molecule has 0 N–H and O–H groups in total. The molecule has 364 valence electrons. The fraction of sp³-hybridized carbons (Fsp3) is 0.316. The van der Waals surface area contributed by atoms with E-state index in [0.29, 0.717) is 30.0 Å². The number of carbonyl (C=O) groups is 3. The predicted octanol–water partition coefficient (Wildman–Crippen LogP) is 11.1. The van der Waals surface area contributed by atoms with Crippen LogP contribution in [0.2, 0.25) is 23.7 Å². The van der Waals surface area contributed by atoms with Gasteiger partial charge >= 0.3 is 5.97 Å². The summed E-state index contributed by atoms with van der Waals surface area (Å²) in [5.74, 6) is -3.51. The van der Waals surface area contributed by atoms with Crippen molar-refractivity contribution in [1.29, 1.82) is 0 Å². The van der Waals surface area contributed by atoms with Crippen LogP contribution in [-0.4, -0.2) is 62.1 Å². The minimum absolute atomic E-state index is 0.0258. The molecule has 1 saturated carbocycles. The third-order valence-corrected chi connectivity index (χ3v) is 28.2. The molecule has 2 aliphatic rings. The van der Waals surface area contributed by atoms with E-state index in [1.54, 1.807) is 17.0 Å². The van der Waals surface area contributed by atoms with Crippen LogP contribution >= 0.6 is 18.2 Å². The van der Waals surface area contributed by atoms with E-state index < -0.39 is 60.9 Å². The Morgan fingerprint density at radius 3 is 1.89 bits per heavy atom. The van der Waals surface area contributed by atoms with E-state index in [1.807, 2.05) is 134 Å². The van der Waals surface area contributed by atoms with Gasteiger partial charge in [-0.2, -0.15) is 8.42 Å². The summed E-state index contributed by atoms with van der Waals surface area (Å²) in [5.41, 5.74) is 2.43. The van der Waals surface area contributed by atoms with Crippen molar-refractivity contribution in [3.05, 3.63) is 174 Å². The van der Waals surface area contributed by atoms with Gasteiger partial charge in [-0.05, 0) is 58.4 Å². The van der Waals surface area contributed by atoms with E-state index in [1.165, 1.54) is 29.5 Å². The number of aromatic nitrogens is 1. The molecule has 0 radical (unpaired) electrons. The Morgan fingerprint density at radius 2 is 1.37 bits per heavy atom. The van der Waals surface area contributed by atoms with Crippen molar-refractivity contribution in [3.8, 4) is 11.3 Å². The molecule has 5 aromatic carbocycles. The number of benzene rings is 5. The van der Waals surface area contributed by atoms with Crippen LogP contribution in [0.4, 0.5) is 0 Å². The monoisotopic (exact) mass is 1010 g/mol. The standard InChI is InChI=1S/C57H63N2O7PS2Si/c1-9-37-65-56(62)55(67(42-25-16-11-17-26-42,43-27-18-12-19-28-43)44-29-20-13-21-30-44)59-50(49(54(59)61)40(3)70(7,8)57(4,5)6)46-31-22-32-47(51(46)60)52(66-69(63,64)45-35-33-39(2)34-36-45)53-58-48(38-68-53)41-23-14-10-15-24-41/h9-21,23-30,33-36,38,40,46-47,49-50,52H,1,22,31-32,37H2,2-8H3/t40-,46-,47?,49+,50-,52?/m1/s1. The van der Waals surface area contributed by atoms with E-state index in [4.69, 9.17) is 13.9 Å². The molecule has 1 aliphatic carbocycles. The van der Waals surface area contributed by atoms with Gasteiger partial charge in [-0.15, -0.1) is 11.3 Å². The van der Waals surface area contributed by atoms with E-state index in [0.717, 1.165) is 27.0 Å². The highest BCUT2D eigenvalue weighted by Gasteiger charge is 2.63. The lowest BCUT2D eigenvalue weighted by Crippen LogP contribution is -2.72. The second-order valence-electron chi connectivity index (χ2n) is 20.1. The van der Waals surface area contributed by atoms with Gasteiger partial charge in [0, 0.05) is 23.7 Å². The number of β-lactam (4-membered cyclic amide) rings is 1. The Labute approximate surface area is 419 Å². The molecule has 9 nitrogen and oxygen atoms in total. The fourth-order valence-electron chi connectivity index (χ4n) is 10.3. The molecule has 70 heavy (non-hydrogen) atoms. The number of ketones is 1.